The molecule has 0 aliphatic carbocycles. The Morgan fingerprint density at radius 1 is 1.28 bits per heavy atom. The SMILES string of the molecule is C=CC(=O)OCCOc1ccccc1C(C)(C)C. The van der Waals surface area contributed by atoms with Crippen molar-refractivity contribution in [1.29, 1.82) is 0 Å². The number of carbonyl (C=O) groups is 1. The lowest BCUT2D eigenvalue weighted by Gasteiger charge is -2.22. The lowest BCUT2D eigenvalue weighted by Crippen LogP contribution is -2.15. The van der Waals surface area contributed by atoms with Crippen LogP contribution in [0.3, 0.4) is 0 Å². The summed E-state index contributed by atoms with van der Waals surface area (Å²) in [6.07, 6.45) is 1.14. The number of ether oxygens (including phenoxy) is 2. The molecule has 18 heavy (non-hydrogen) atoms. The Hall–Kier alpha value is -1.77. The second-order valence-electron chi connectivity index (χ2n) is 4.97. The summed E-state index contributed by atoms with van der Waals surface area (Å²) in [5, 5.41) is 0. The Morgan fingerprint density at radius 3 is 2.56 bits per heavy atom. The van der Waals surface area contributed by atoms with Gasteiger partial charge < -0.3 is 9.47 Å². The molecule has 0 bridgehead atoms. The molecule has 0 aromatic heterocycles. The van der Waals surface area contributed by atoms with E-state index in [1.807, 2.05) is 24.3 Å². The summed E-state index contributed by atoms with van der Waals surface area (Å²) >= 11 is 0. The molecule has 0 radical (unpaired) electrons. The lowest BCUT2D eigenvalue weighted by molar-refractivity contribution is -0.138. The monoisotopic (exact) mass is 248 g/mol. The van der Waals surface area contributed by atoms with Gasteiger partial charge in [-0.05, 0) is 17.0 Å². The number of carbonyl (C=O) groups excluding carboxylic acids is 1. The van der Waals surface area contributed by atoms with Crippen LogP contribution in [0.1, 0.15) is 26.3 Å². The Morgan fingerprint density at radius 2 is 1.94 bits per heavy atom. The molecule has 1 aromatic carbocycles. The minimum Gasteiger partial charge on any atom is -0.490 e. The van der Waals surface area contributed by atoms with Gasteiger partial charge in [0.1, 0.15) is 19.0 Å². The summed E-state index contributed by atoms with van der Waals surface area (Å²) in [5.74, 6) is 0.405. The molecule has 0 saturated heterocycles. The number of benzene rings is 1. The van der Waals surface area contributed by atoms with Crippen molar-refractivity contribution in [3.8, 4) is 5.75 Å². The maximum atomic E-state index is 10.9. The van der Waals surface area contributed by atoms with Crippen LogP contribution in [0.5, 0.6) is 5.75 Å². The van der Waals surface area contributed by atoms with Crippen molar-refractivity contribution in [2.24, 2.45) is 0 Å². The Bertz CT molecular complexity index is 416. The van der Waals surface area contributed by atoms with Crippen LogP contribution in [0.2, 0.25) is 0 Å². The van der Waals surface area contributed by atoms with E-state index in [1.54, 1.807) is 0 Å². The van der Waals surface area contributed by atoms with Crippen LogP contribution in [0.25, 0.3) is 0 Å². The Kier molecular flexibility index (Phi) is 4.95. The number of esters is 1. The van der Waals surface area contributed by atoms with Crippen LogP contribution < -0.4 is 4.74 Å². The molecule has 0 heterocycles. The van der Waals surface area contributed by atoms with Crippen molar-refractivity contribution in [3.05, 3.63) is 42.5 Å². The van der Waals surface area contributed by atoms with E-state index in [0.717, 1.165) is 17.4 Å². The van der Waals surface area contributed by atoms with E-state index in [4.69, 9.17) is 9.47 Å². The molecule has 0 spiro atoms. The van der Waals surface area contributed by atoms with E-state index in [-0.39, 0.29) is 12.0 Å². The van der Waals surface area contributed by atoms with Gasteiger partial charge in [-0.15, -0.1) is 0 Å². The maximum Gasteiger partial charge on any atom is 0.330 e. The molecule has 0 N–H and O–H groups in total. The lowest BCUT2D eigenvalue weighted by atomic mass is 9.86. The van der Waals surface area contributed by atoms with Gasteiger partial charge in [-0.1, -0.05) is 45.5 Å². The number of hydrogen-bond donors (Lipinski definition) is 0. The summed E-state index contributed by atoms with van der Waals surface area (Å²) in [4.78, 5) is 10.9. The first-order valence-electron chi connectivity index (χ1n) is 5.96. The highest BCUT2D eigenvalue weighted by molar-refractivity contribution is 5.81. The van der Waals surface area contributed by atoms with Crippen LogP contribution in [0.4, 0.5) is 0 Å². The van der Waals surface area contributed by atoms with Gasteiger partial charge in [0.2, 0.25) is 0 Å². The molecule has 3 heteroatoms. The molecular weight excluding hydrogens is 228 g/mol. The van der Waals surface area contributed by atoms with E-state index < -0.39 is 5.97 Å². The average molecular weight is 248 g/mol. The van der Waals surface area contributed by atoms with E-state index in [0.29, 0.717) is 6.61 Å². The highest BCUT2D eigenvalue weighted by Gasteiger charge is 2.18. The largest absolute Gasteiger partial charge is 0.490 e. The molecule has 0 atom stereocenters. The van der Waals surface area contributed by atoms with Crippen molar-refractivity contribution in [2.75, 3.05) is 13.2 Å². The first kappa shape index (κ1) is 14.3. The van der Waals surface area contributed by atoms with Crippen molar-refractivity contribution < 1.29 is 14.3 Å². The second kappa shape index (κ2) is 6.24. The first-order chi connectivity index (χ1) is 8.45. The molecule has 1 aromatic rings. The van der Waals surface area contributed by atoms with Crippen LogP contribution in [-0.2, 0) is 14.9 Å². The zero-order valence-electron chi connectivity index (χ0n) is 11.2. The number of rotatable bonds is 5. The maximum absolute atomic E-state index is 10.9. The molecule has 0 aliphatic heterocycles. The van der Waals surface area contributed by atoms with Crippen LogP contribution >= 0.6 is 0 Å². The van der Waals surface area contributed by atoms with E-state index in [9.17, 15) is 4.79 Å². The zero-order chi connectivity index (χ0) is 13.6. The van der Waals surface area contributed by atoms with Crippen molar-refractivity contribution in [1.82, 2.24) is 0 Å². The van der Waals surface area contributed by atoms with Gasteiger partial charge in [-0.2, -0.15) is 0 Å². The van der Waals surface area contributed by atoms with Gasteiger partial charge in [0.25, 0.3) is 0 Å². The standard InChI is InChI=1S/C15H20O3/c1-5-14(16)18-11-10-17-13-9-7-6-8-12(13)15(2,3)4/h5-9H,1,10-11H2,2-4H3. The fourth-order valence-corrected chi connectivity index (χ4v) is 1.56. The van der Waals surface area contributed by atoms with Gasteiger partial charge in [0.15, 0.2) is 0 Å². The molecule has 0 fully saturated rings. The van der Waals surface area contributed by atoms with Crippen molar-refractivity contribution in [3.63, 3.8) is 0 Å². The van der Waals surface area contributed by atoms with Crippen molar-refractivity contribution in [2.45, 2.75) is 26.2 Å². The molecule has 98 valence electrons. The highest BCUT2D eigenvalue weighted by Crippen LogP contribution is 2.30. The fraction of sp³-hybridized carbons (Fsp3) is 0.400. The summed E-state index contributed by atoms with van der Waals surface area (Å²) in [5.41, 5.74) is 1.16. The predicted molar refractivity (Wildman–Crippen MR) is 71.8 cm³/mol. The second-order valence-corrected chi connectivity index (χ2v) is 4.97. The minimum absolute atomic E-state index is 0.0222. The first-order valence-corrected chi connectivity index (χ1v) is 5.96. The Balaban J connectivity index is 2.57. The van der Waals surface area contributed by atoms with Crippen LogP contribution in [0, 0.1) is 0 Å². The smallest absolute Gasteiger partial charge is 0.330 e. The topological polar surface area (TPSA) is 35.5 Å². The van der Waals surface area contributed by atoms with Gasteiger partial charge >= 0.3 is 5.97 Å². The van der Waals surface area contributed by atoms with Crippen LogP contribution in [-0.4, -0.2) is 19.2 Å². The summed E-state index contributed by atoms with van der Waals surface area (Å²) in [6, 6.07) is 7.90. The number of hydrogen-bond acceptors (Lipinski definition) is 3. The van der Waals surface area contributed by atoms with Gasteiger partial charge in [-0.25, -0.2) is 4.79 Å². The summed E-state index contributed by atoms with van der Waals surface area (Å²) in [7, 11) is 0. The molecule has 3 nitrogen and oxygen atoms in total. The van der Waals surface area contributed by atoms with Crippen molar-refractivity contribution >= 4 is 5.97 Å². The third kappa shape index (κ3) is 4.24. The molecule has 0 unspecified atom stereocenters. The highest BCUT2D eigenvalue weighted by atomic mass is 16.6. The predicted octanol–water partition coefficient (Wildman–Crippen LogP) is 3.09. The minimum atomic E-state index is -0.428. The van der Waals surface area contributed by atoms with Gasteiger partial charge in [0.05, 0.1) is 0 Å². The van der Waals surface area contributed by atoms with Crippen LogP contribution in [0.15, 0.2) is 36.9 Å². The summed E-state index contributed by atoms with van der Waals surface area (Å²) < 4.78 is 10.5. The summed E-state index contributed by atoms with van der Waals surface area (Å²) in [6.45, 7) is 10.3. The normalized spacial score (nSPS) is 10.8. The Labute approximate surface area is 108 Å². The number of para-hydroxylation sites is 1. The van der Waals surface area contributed by atoms with E-state index in [2.05, 4.69) is 27.4 Å². The molecule has 0 saturated carbocycles. The molecular formula is C15H20O3. The molecule has 0 amide bonds. The molecule has 0 aliphatic rings. The quantitative estimate of drug-likeness (QED) is 0.456. The zero-order valence-corrected chi connectivity index (χ0v) is 11.2. The van der Waals surface area contributed by atoms with E-state index >= 15 is 0 Å². The molecule has 1 rings (SSSR count). The third-order valence-corrected chi connectivity index (χ3v) is 2.45. The average Bonchev–Trinajstić information content (AvgIpc) is 2.33. The fourth-order valence-electron chi connectivity index (χ4n) is 1.56. The van der Waals surface area contributed by atoms with E-state index in [1.165, 1.54) is 0 Å². The van der Waals surface area contributed by atoms with Gasteiger partial charge in [-0.3, -0.25) is 0 Å². The van der Waals surface area contributed by atoms with Gasteiger partial charge in [0, 0.05) is 6.08 Å². The third-order valence-electron chi connectivity index (χ3n) is 2.45.